The second kappa shape index (κ2) is 7.44. The number of nitrogens with zero attached hydrogens (tertiary/aromatic N) is 3. The maximum Gasteiger partial charge on any atom is 0.205 e. The molecule has 0 bridgehead atoms. The van der Waals surface area contributed by atoms with Crippen LogP contribution in [0.1, 0.15) is 12.0 Å². The molecular formula is C14H19N3O3S. The zero-order valence-corrected chi connectivity index (χ0v) is 13.2. The number of rotatable bonds is 7. The van der Waals surface area contributed by atoms with Gasteiger partial charge in [-0.3, -0.25) is 4.98 Å². The molecule has 2 heterocycles. The summed E-state index contributed by atoms with van der Waals surface area (Å²) >= 11 is -1.18. The molecule has 0 amide bonds. The highest BCUT2D eigenvalue weighted by atomic mass is 32.2. The number of imidazole rings is 1. The quantitative estimate of drug-likeness (QED) is 0.576. The van der Waals surface area contributed by atoms with Crippen LogP contribution in [0.3, 0.4) is 0 Å². The van der Waals surface area contributed by atoms with Crippen LogP contribution in [0.2, 0.25) is 0 Å². The van der Waals surface area contributed by atoms with Gasteiger partial charge in [0.1, 0.15) is 17.7 Å². The zero-order chi connectivity index (χ0) is 15.2. The van der Waals surface area contributed by atoms with Crippen molar-refractivity contribution in [3.63, 3.8) is 0 Å². The highest BCUT2D eigenvalue weighted by Crippen LogP contribution is 2.27. The lowest BCUT2D eigenvalue weighted by Gasteiger charge is -2.13. The van der Waals surface area contributed by atoms with E-state index in [-0.39, 0.29) is 0 Å². The maximum atomic E-state index is 11.7. The van der Waals surface area contributed by atoms with Crippen LogP contribution in [-0.2, 0) is 16.1 Å². The van der Waals surface area contributed by atoms with Gasteiger partial charge in [-0.2, -0.15) is 0 Å². The molecule has 114 valence electrons. The van der Waals surface area contributed by atoms with E-state index < -0.39 is 11.4 Å². The lowest BCUT2D eigenvalue weighted by molar-refractivity contribution is 0.172. The Kier molecular flexibility index (Phi) is 5.60. The summed E-state index contributed by atoms with van der Waals surface area (Å²) in [6.07, 6.45) is 7.39. The number of pyridine rings is 1. The summed E-state index contributed by atoms with van der Waals surface area (Å²) < 4.78 is 24.0. The van der Waals surface area contributed by atoms with Crippen molar-refractivity contribution in [3.05, 3.63) is 30.2 Å². The van der Waals surface area contributed by atoms with Crippen LogP contribution in [0.4, 0.5) is 0 Å². The molecule has 21 heavy (non-hydrogen) atoms. The number of methoxy groups -OCH3 is 1. The maximum absolute atomic E-state index is 11.7. The Morgan fingerprint density at radius 3 is 2.81 bits per heavy atom. The molecule has 0 saturated carbocycles. The number of aromatic nitrogens is 3. The lowest BCUT2D eigenvalue weighted by atomic mass is 10.2. The summed E-state index contributed by atoms with van der Waals surface area (Å²) in [4.78, 5) is 8.60. The van der Waals surface area contributed by atoms with E-state index >= 15 is 0 Å². The average Bonchev–Trinajstić information content (AvgIpc) is 2.94. The van der Waals surface area contributed by atoms with Crippen molar-refractivity contribution in [2.24, 2.45) is 0 Å². The molecule has 1 atom stereocenters. The second-order valence-electron chi connectivity index (χ2n) is 4.48. The minimum Gasteiger partial charge on any atom is -0.593 e. The fourth-order valence-electron chi connectivity index (χ4n) is 1.95. The van der Waals surface area contributed by atoms with Crippen LogP contribution in [0.15, 0.2) is 24.7 Å². The van der Waals surface area contributed by atoms with Crippen LogP contribution >= 0.6 is 0 Å². The van der Waals surface area contributed by atoms with E-state index in [4.69, 9.17) is 9.47 Å². The SMILES string of the molecule is COCCCOc1ccnc(-c2nccn2[S+](C)[O-])c1C. The lowest BCUT2D eigenvalue weighted by Crippen LogP contribution is -2.12. The molecule has 6 nitrogen and oxygen atoms in total. The van der Waals surface area contributed by atoms with Crippen molar-refractivity contribution < 1.29 is 14.0 Å². The molecule has 7 heteroatoms. The summed E-state index contributed by atoms with van der Waals surface area (Å²) in [7, 11) is 1.67. The van der Waals surface area contributed by atoms with Crippen molar-refractivity contribution in [2.45, 2.75) is 13.3 Å². The van der Waals surface area contributed by atoms with Crippen LogP contribution in [0.5, 0.6) is 5.75 Å². The highest BCUT2D eigenvalue weighted by Gasteiger charge is 2.17. The van der Waals surface area contributed by atoms with Crippen molar-refractivity contribution in [3.8, 4) is 17.3 Å². The van der Waals surface area contributed by atoms with Crippen LogP contribution in [0.25, 0.3) is 11.5 Å². The van der Waals surface area contributed by atoms with E-state index in [9.17, 15) is 4.55 Å². The number of ether oxygens (including phenoxy) is 2. The van der Waals surface area contributed by atoms with Gasteiger partial charge in [-0.15, -0.1) is 3.97 Å². The van der Waals surface area contributed by atoms with E-state index in [2.05, 4.69) is 9.97 Å². The summed E-state index contributed by atoms with van der Waals surface area (Å²) in [5, 5.41) is 0. The minimum absolute atomic E-state index is 0.576. The van der Waals surface area contributed by atoms with Gasteiger partial charge in [-0.05, 0) is 13.0 Å². The van der Waals surface area contributed by atoms with E-state index in [1.165, 1.54) is 0 Å². The largest absolute Gasteiger partial charge is 0.593 e. The standard InChI is InChI=1S/C14H19N3O3S/c1-11-12(20-10-4-9-19-2)5-6-15-13(11)14-16-7-8-17(14)21(3)18/h5-8H,4,9-10H2,1-3H3. The van der Waals surface area contributed by atoms with Crippen molar-refractivity contribution in [2.75, 3.05) is 26.6 Å². The number of hydrogen-bond acceptors (Lipinski definition) is 5. The van der Waals surface area contributed by atoms with Gasteiger partial charge in [0.15, 0.2) is 0 Å². The summed E-state index contributed by atoms with van der Waals surface area (Å²) in [6, 6.07) is 1.82. The van der Waals surface area contributed by atoms with E-state index in [0.29, 0.717) is 24.7 Å². The van der Waals surface area contributed by atoms with Gasteiger partial charge in [0.2, 0.25) is 5.82 Å². The van der Waals surface area contributed by atoms with Crippen molar-refractivity contribution in [1.82, 2.24) is 13.9 Å². The monoisotopic (exact) mass is 309 g/mol. The third kappa shape index (κ3) is 3.75. The summed E-state index contributed by atoms with van der Waals surface area (Å²) in [6.45, 7) is 3.16. The summed E-state index contributed by atoms with van der Waals surface area (Å²) in [5.41, 5.74) is 1.56. The molecule has 0 radical (unpaired) electrons. The first-order valence-corrected chi connectivity index (χ1v) is 8.11. The van der Waals surface area contributed by atoms with Gasteiger partial charge in [0, 0.05) is 31.9 Å². The van der Waals surface area contributed by atoms with Gasteiger partial charge in [0.25, 0.3) is 0 Å². The molecule has 0 aliphatic carbocycles. The normalized spacial score (nSPS) is 12.4. The molecule has 0 saturated heterocycles. The Labute approximate surface area is 127 Å². The van der Waals surface area contributed by atoms with Crippen molar-refractivity contribution >= 4 is 11.4 Å². The smallest absolute Gasteiger partial charge is 0.205 e. The van der Waals surface area contributed by atoms with Gasteiger partial charge in [0.05, 0.1) is 30.4 Å². The minimum atomic E-state index is -1.18. The molecule has 0 aromatic carbocycles. The van der Waals surface area contributed by atoms with Gasteiger partial charge in [-0.1, -0.05) is 0 Å². The fourth-order valence-corrected chi connectivity index (χ4v) is 2.55. The summed E-state index contributed by atoms with van der Waals surface area (Å²) in [5.74, 6) is 1.34. The van der Waals surface area contributed by atoms with E-state index in [1.54, 1.807) is 35.9 Å². The van der Waals surface area contributed by atoms with E-state index in [1.807, 2.05) is 13.0 Å². The zero-order valence-electron chi connectivity index (χ0n) is 12.4. The molecule has 1 unspecified atom stereocenters. The molecule has 2 aromatic rings. The van der Waals surface area contributed by atoms with Crippen LogP contribution in [0, 0.1) is 6.92 Å². The molecule has 0 aliphatic rings. The number of hydrogen-bond donors (Lipinski definition) is 0. The molecule has 0 N–H and O–H groups in total. The molecule has 2 aromatic heterocycles. The molecule has 0 fully saturated rings. The predicted molar refractivity (Wildman–Crippen MR) is 81.6 cm³/mol. The first-order chi connectivity index (χ1) is 10.1. The third-order valence-electron chi connectivity index (χ3n) is 3.00. The van der Waals surface area contributed by atoms with Crippen LogP contribution < -0.4 is 4.74 Å². The highest BCUT2D eigenvalue weighted by molar-refractivity contribution is 7.89. The van der Waals surface area contributed by atoms with Gasteiger partial charge in [-0.25, -0.2) is 4.98 Å². The Bertz CT molecular complexity index is 587. The first kappa shape index (κ1) is 15.8. The topological polar surface area (TPSA) is 72.2 Å². The predicted octanol–water partition coefficient (Wildman–Crippen LogP) is 1.81. The Hall–Kier alpha value is -1.57. The Balaban J connectivity index is 2.23. The van der Waals surface area contributed by atoms with Crippen LogP contribution in [-0.4, -0.2) is 45.1 Å². The first-order valence-electron chi connectivity index (χ1n) is 6.60. The third-order valence-corrected chi connectivity index (χ3v) is 3.85. The van der Waals surface area contributed by atoms with Crippen molar-refractivity contribution in [1.29, 1.82) is 0 Å². The molecule has 0 aliphatic heterocycles. The Morgan fingerprint density at radius 1 is 1.29 bits per heavy atom. The Morgan fingerprint density at radius 2 is 2.10 bits per heavy atom. The molecular weight excluding hydrogens is 290 g/mol. The molecule has 2 rings (SSSR count). The fraction of sp³-hybridized carbons (Fsp3) is 0.429. The van der Waals surface area contributed by atoms with Gasteiger partial charge < -0.3 is 14.0 Å². The molecule has 0 spiro atoms. The van der Waals surface area contributed by atoms with E-state index in [0.717, 1.165) is 17.7 Å². The van der Waals surface area contributed by atoms with Gasteiger partial charge >= 0.3 is 0 Å². The average molecular weight is 309 g/mol. The second-order valence-corrected chi connectivity index (χ2v) is 5.72.